The van der Waals surface area contributed by atoms with Gasteiger partial charge in [-0.1, -0.05) is 13.8 Å². The maximum absolute atomic E-state index is 13.3. The first-order valence-electron chi connectivity index (χ1n) is 10.9. The van der Waals surface area contributed by atoms with Gasteiger partial charge in [0.1, 0.15) is 5.76 Å². The quantitative estimate of drug-likeness (QED) is 0.474. The largest absolute Gasteiger partial charge is 0.467 e. The maximum Gasteiger partial charge on any atom is 0.291 e. The standard InChI is InChI=1S/C25H31N3O4/c1-5-18(6-2)25(30)28(17-21-9-7-13-31-21)16-19-15-20(11-12-22(19)27(3)4)26-24(29)23-10-8-14-32-23/h7-15,18H,5-6,16-17H2,1-4H3,(H,26,29). The number of carbonyl (C=O) groups excluding carboxylic acids is 2. The van der Waals surface area contributed by atoms with Crippen LogP contribution in [0.2, 0.25) is 0 Å². The summed E-state index contributed by atoms with van der Waals surface area (Å²) in [5, 5.41) is 2.87. The predicted molar refractivity (Wildman–Crippen MR) is 124 cm³/mol. The van der Waals surface area contributed by atoms with Gasteiger partial charge in [-0.15, -0.1) is 0 Å². The van der Waals surface area contributed by atoms with Crippen LogP contribution in [-0.2, 0) is 17.9 Å². The van der Waals surface area contributed by atoms with Gasteiger partial charge in [0.05, 0.1) is 19.1 Å². The van der Waals surface area contributed by atoms with Gasteiger partial charge in [0.25, 0.3) is 5.91 Å². The van der Waals surface area contributed by atoms with Gasteiger partial charge in [-0.25, -0.2) is 0 Å². The van der Waals surface area contributed by atoms with E-state index in [1.54, 1.807) is 18.4 Å². The molecule has 2 heterocycles. The molecular formula is C25H31N3O4. The number of furan rings is 2. The number of hydrogen-bond donors (Lipinski definition) is 1. The number of anilines is 2. The summed E-state index contributed by atoms with van der Waals surface area (Å²) in [6, 6.07) is 12.7. The summed E-state index contributed by atoms with van der Waals surface area (Å²) in [5.74, 6) is 0.708. The van der Waals surface area contributed by atoms with E-state index in [1.165, 1.54) is 6.26 Å². The number of nitrogens with one attached hydrogen (secondary N) is 1. The van der Waals surface area contributed by atoms with Crippen LogP contribution in [0.3, 0.4) is 0 Å². The van der Waals surface area contributed by atoms with Crippen molar-refractivity contribution in [3.05, 3.63) is 72.1 Å². The monoisotopic (exact) mass is 437 g/mol. The van der Waals surface area contributed by atoms with Crippen molar-refractivity contribution < 1.29 is 18.4 Å². The average molecular weight is 438 g/mol. The number of rotatable bonds is 10. The lowest BCUT2D eigenvalue weighted by Gasteiger charge is -2.28. The summed E-state index contributed by atoms with van der Waals surface area (Å²) in [7, 11) is 3.92. The summed E-state index contributed by atoms with van der Waals surface area (Å²) < 4.78 is 10.7. The first-order chi connectivity index (χ1) is 15.4. The van der Waals surface area contributed by atoms with E-state index >= 15 is 0 Å². The Balaban J connectivity index is 1.90. The highest BCUT2D eigenvalue weighted by atomic mass is 16.3. The molecule has 3 rings (SSSR count). The number of amides is 2. The predicted octanol–water partition coefficient (Wildman–Crippen LogP) is 5.16. The van der Waals surface area contributed by atoms with Crippen molar-refractivity contribution in [3.8, 4) is 0 Å². The van der Waals surface area contributed by atoms with Gasteiger partial charge < -0.3 is 24.0 Å². The molecule has 0 bridgehead atoms. The zero-order valence-electron chi connectivity index (χ0n) is 19.1. The summed E-state index contributed by atoms with van der Waals surface area (Å²) in [6.07, 6.45) is 4.64. The lowest BCUT2D eigenvalue weighted by Crippen LogP contribution is -2.35. The van der Waals surface area contributed by atoms with Crippen molar-refractivity contribution in [2.75, 3.05) is 24.3 Å². The van der Waals surface area contributed by atoms with Crippen LogP contribution in [0, 0.1) is 5.92 Å². The van der Waals surface area contributed by atoms with E-state index < -0.39 is 0 Å². The SMILES string of the molecule is CCC(CC)C(=O)N(Cc1ccco1)Cc1cc(NC(=O)c2ccco2)ccc1N(C)C. The Kier molecular flexibility index (Phi) is 7.76. The highest BCUT2D eigenvalue weighted by molar-refractivity contribution is 6.02. The first kappa shape index (κ1) is 23.2. The molecule has 0 fully saturated rings. The number of nitrogens with zero attached hydrogens (tertiary/aromatic N) is 2. The van der Waals surface area contributed by atoms with Crippen molar-refractivity contribution in [3.63, 3.8) is 0 Å². The molecule has 0 aliphatic rings. The molecule has 1 aromatic carbocycles. The highest BCUT2D eigenvalue weighted by Gasteiger charge is 2.24. The van der Waals surface area contributed by atoms with Crippen molar-refractivity contribution >= 4 is 23.2 Å². The molecule has 0 aliphatic heterocycles. The molecular weight excluding hydrogens is 406 g/mol. The van der Waals surface area contributed by atoms with Crippen LogP contribution in [0.4, 0.5) is 11.4 Å². The average Bonchev–Trinajstić information content (AvgIpc) is 3.48. The normalized spacial score (nSPS) is 10.9. The molecule has 0 saturated heterocycles. The zero-order chi connectivity index (χ0) is 23.1. The van der Waals surface area contributed by atoms with Gasteiger partial charge in [-0.05, 0) is 60.9 Å². The minimum atomic E-state index is -0.320. The molecule has 3 aromatic rings. The molecule has 0 spiro atoms. The van der Waals surface area contributed by atoms with Gasteiger partial charge in [-0.3, -0.25) is 9.59 Å². The van der Waals surface area contributed by atoms with Crippen LogP contribution in [0.5, 0.6) is 0 Å². The van der Waals surface area contributed by atoms with E-state index in [4.69, 9.17) is 8.83 Å². The molecule has 0 saturated carbocycles. The minimum absolute atomic E-state index is 0.0467. The lowest BCUT2D eigenvalue weighted by molar-refractivity contribution is -0.137. The van der Waals surface area contributed by atoms with Crippen molar-refractivity contribution in [1.82, 2.24) is 4.90 Å². The molecule has 0 aliphatic carbocycles. The fourth-order valence-electron chi connectivity index (χ4n) is 3.73. The zero-order valence-corrected chi connectivity index (χ0v) is 19.1. The van der Waals surface area contributed by atoms with Crippen LogP contribution >= 0.6 is 0 Å². The second kappa shape index (κ2) is 10.7. The topological polar surface area (TPSA) is 78.9 Å². The molecule has 0 atom stereocenters. The smallest absolute Gasteiger partial charge is 0.291 e. The fourth-order valence-corrected chi connectivity index (χ4v) is 3.73. The van der Waals surface area contributed by atoms with E-state index in [2.05, 4.69) is 5.32 Å². The van der Waals surface area contributed by atoms with Crippen molar-refractivity contribution in [1.29, 1.82) is 0 Å². The molecule has 1 N–H and O–H groups in total. The molecule has 2 aromatic heterocycles. The Labute approximate surface area is 189 Å². The van der Waals surface area contributed by atoms with E-state index in [0.717, 1.165) is 29.9 Å². The Bertz CT molecular complexity index is 1010. The van der Waals surface area contributed by atoms with Gasteiger partial charge in [0.15, 0.2) is 5.76 Å². The minimum Gasteiger partial charge on any atom is -0.467 e. The summed E-state index contributed by atoms with van der Waals surface area (Å²) >= 11 is 0. The Hall–Kier alpha value is -3.48. The molecule has 2 amide bonds. The van der Waals surface area contributed by atoms with Crippen molar-refractivity contribution in [2.24, 2.45) is 5.92 Å². The van der Waals surface area contributed by atoms with E-state index in [9.17, 15) is 9.59 Å². The highest BCUT2D eigenvalue weighted by Crippen LogP contribution is 2.27. The second-order valence-electron chi connectivity index (χ2n) is 7.96. The second-order valence-corrected chi connectivity index (χ2v) is 7.96. The maximum atomic E-state index is 13.3. The van der Waals surface area contributed by atoms with Crippen LogP contribution in [0.15, 0.2) is 63.8 Å². The molecule has 7 nitrogen and oxygen atoms in total. The summed E-state index contributed by atoms with van der Waals surface area (Å²) in [4.78, 5) is 29.6. The molecule has 170 valence electrons. The number of benzene rings is 1. The Morgan fingerprint density at radius 2 is 1.69 bits per heavy atom. The van der Waals surface area contributed by atoms with Crippen LogP contribution < -0.4 is 10.2 Å². The summed E-state index contributed by atoms with van der Waals surface area (Å²) in [6.45, 7) is 4.85. The van der Waals surface area contributed by atoms with E-state index in [0.29, 0.717) is 18.8 Å². The van der Waals surface area contributed by atoms with Gasteiger partial charge in [-0.2, -0.15) is 0 Å². The van der Waals surface area contributed by atoms with Gasteiger partial charge in [0.2, 0.25) is 5.91 Å². The molecule has 32 heavy (non-hydrogen) atoms. The van der Waals surface area contributed by atoms with Crippen LogP contribution in [0.1, 0.15) is 48.6 Å². The number of carbonyl (C=O) groups is 2. The Morgan fingerprint density at radius 1 is 0.969 bits per heavy atom. The van der Waals surface area contributed by atoms with Gasteiger partial charge >= 0.3 is 0 Å². The molecule has 0 radical (unpaired) electrons. The van der Waals surface area contributed by atoms with Crippen LogP contribution in [0.25, 0.3) is 0 Å². The van der Waals surface area contributed by atoms with E-state index in [-0.39, 0.29) is 23.5 Å². The Morgan fingerprint density at radius 3 is 2.28 bits per heavy atom. The van der Waals surface area contributed by atoms with Crippen molar-refractivity contribution in [2.45, 2.75) is 39.8 Å². The third kappa shape index (κ3) is 5.60. The van der Waals surface area contributed by atoms with Crippen LogP contribution in [-0.4, -0.2) is 30.8 Å². The van der Waals surface area contributed by atoms with E-state index in [1.807, 2.05) is 68.1 Å². The third-order valence-corrected chi connectivity index (χ3v) is 5.50. The fraction of sp³-hybridized carbons (Fsp3) is 0.360. The third-order valence-electron chi connectivity index (χ3n) is 5.50. The first-order valence-corrected chi connectivity index (χ1v) is 10.9. The molecule has 7 heteroatoms. The van der Waals surface area contributed by atoms with Gasteiger partial charge in [0, 0.05) is 37.9 Å². The lowest BCUT2D eigenvalue weighted by atomic mass is 10.0. The number of hydrogen-bond acceptors (Lipinski definition) is 5. The summed E-state index contributed by atoms with van der Waals surface area (Å²) in [5.41, 5.74) is 2.54. The molecule has 0 unspecified atom stereocenters.